The first-order chi connectivity index (χ1) is 8.36. The van der Waals surface area contributed by atoms with Crippen molar-refractivity contribution >= 4 is 15.9 Å². The molecule has 6 nitrogen and oxygen atoms in total. The van der Waals surface area contributed by atoms with Crippen LogP contribution in [0.3, 0.4) is 0 Å². The van der Waals surface area contributed by atoms with E-state index in [4.69, 9.17) is 5.73 Å². The average molecular weight is 271 g/mol. The van der Waals surface area contributed by atoms with Gasteiger partial charge in [-0.25, -0.2) is 13.1 Å². The van der Waals surface area contributed by atoms with Gasteiger partial charge < -0.3 is 11.1 Å². The van der Waals surface area contributed by atoms with Crippen LogP contribution < -0.4 is 15.8 Å². The van der Waals surface area contributed by atoms with Gasteiger partial charge in [0.25, 0.3) is 0 Å². The second kappa shape index (κ2) is 5.94. The molecule has 0 radical (unpaired) electrons. The molecule has 18 heavy (non-hydrogen) atoms. The van der Waals surface area contributed by atoms with Gasteiger partial charge in [0, 0.05) is 6.54 Å². The van der Waals surface area contributed by atoms with Gasteiger partial charge in [-0.15, -0.1) is 0 Å². The molecule has 0 saturated heterocycles. The second-order valence-corrected chi connectivity index (χ2v) is 5.75. The van der Waals surface area contributed by atoms with Crippen molar-refractivity contribution in [2.24, 2.45) is 5.73 Å². The van der Waals surface area contributed by atoms with Crippen LogP contribution in [0.1, 0.15) is 12.5 Å². The van der Waals surface area contributed by atoms with Gasteiger partial charge in [0.2, 0.25) is 15.9 Å². The fraction of sp³-hybridized carbons (Fsp3) is 0.364. The molecular weight excluding hydrogens is 254 g/mol. The van der Waals surface area contributed by atoms with Gasteiger partial charge in [0.1, 0.15) is 0 Å². The average Bonchev–Trinajstić information content (AvgIpc) is 2.36. The second-order valence-electron chi connectivity index (χ2n) is 3.86. The minimum Gasteiger partial charge on any atom is -0.351 e. The lowest BCUT2D eigenvalue weighted by atomic mass is 10.2. The van der Waals surface area contributed by atoms with Crippen LogP contribution in [-0.4, -0.2) is 27.4 Å². The number of carbonyl (C=O) groups is 1. The number of nitrogens with two attached hydrogens (primary N) is 1. The predicted octanol–water partition coefficient (Wildman–Crippen LogP) is -0.442. The molecule has 0 aliphatic rings. The Morgan fingerprint density at radius 2 is 2.11 bits per heavy atom. The van der Waals surface area contributed by atoms with Crippen LogP contribution in [-0.2, 0) is 21.4 Å². The SMILES string of the molecule is CNS(=O)(=O)c1cccc(CNC(=O)[C@@H](C)N)c1. The molecule has 0 aliphatic carbocycles. The third kappa shape index (κ3) is 3.80. The zero-order chi connectivity index (χ0) is 13.8. The lowest BCUT2D eigenvalue weighted by Gasteiger charge is -2.09. The first-order valence-electron chi connectivity index (χ1n) is 5.42. The summed E-state index contributed by atoms with van der Waals surface area (Å²) in [6.07, 6.45) is 0. The summed E-state index contributed by atoms with van der Waals surface area (Å²) in [5.74, 6) is -0.281. The van der Waals surface area contributed by atoms with Crippen molar-refractivity contribution < 1.29 is 13.2 Å². The number of benzene rings is 1. The number of hydrogen-bond acceptors (Lipinski definition) is 4. The van der Waals surface area contributed by atoms with Crippen LogP contribution in [0.4, 0.5) is 0 Å². The fourth-order valence-corrected chi connectivity index (χ4v) is 2.09. The molecule has 100 valence electrons. The predicted molar refractivity (Wildman–Crippen MR) is 68.2 cm³/mol. The molecule has 1 aromatic rings. The van der Waals surface area contributed by atoms with Crippen molar-refractivity contribution in [3.8, 4) is 0 Å². The highest BCUT2D eigenvalue weighted by Gasteiger charge is 2.12. The molecule has 0 unspecified atom stereocenters. The molecule has 0 aliphatic heterocycles. The molecular formula is C11H17N3O3S. The van der Waals surface area contributed by atoms with Gasteiger partial charge in [0.15, 0.2) is 0 Å². The van der Waals surface area contributed by atoms with E-state index >= 15 is 0 Å². The van der Waals surface area contributed by atoms with E-state index in [1.807, 2.05) is 0 Å². The van der Waals surface area contributed by atoms with E-state index in [0.29, 0.717) is 5.56 Å². The Morgan fingerprint density at radius 1 is 1.44 bits per heavy atom. The van der Waals surface area contributed by atoms with E-state index in [-0.39, 0.29) is 17.3 Å². The molecule has 0 heterocycles. The van der Waals surface area contributed by atoms with Crippen molar-refractivity contribution in [1.29, 1.82) is 0 Å². The molecule has 7 heteroatoms. The zero-order valence-corrected chi connectivity index (χ0v) is 11.1. The van der Waals surface area contributed by atoms with Gasteiger partial charge in [0.05, 0.1) is 10.9 Å². The Bertz CT molecular complexity index is 526. The maximum absolute atomic E-state index is 11.6. The molecule has 4 N–H and O–H groups in total. The largest absolute Gasteiger partial charge is 0.351 e. The highest BCUT2D eigenvalue weighted by atomic mass is 32.2. The lowest BCUT2D eigenvalue weighted by molar-refractivity contribution is -0.122. The van der Waals surface area contributed by atoms with Crippen molar-refractivity contribution in [3.63, 3.8) is 0 Å². The monoisotopic (exact) mass is 271 g/mol. The summed E-state index contributed by atoms with van der Waals surface area (Å²) in [5, 5.41) is 2.62. The Hall–Kier alpha value is -1.44. The Morgan fingerprint density at radius 3 is 2.67 bits per heavy atom. The van der Waals surface area contributed by atoms with Crippen LogP contribution in [0.25, 0.3) is 0 Å². The number of rotatable bonds is 5. The van der Waals surface area contributed by atoms with E-state index in [0.717, 1.165) is 0 Å². The van der Waals surface area contributed by atoms with E-state index in [2.05, 4.69) is 10.0 Å². The number of nitrogens with one attached hydrogen (secondary N) is 2. The summed E-state index contributed by atoms with van der Waals surface area (Å²) in [6.45, 7) is 1.82. The summed E-state index contributed by atoms with van der Waals surface area (Å²) >= 11 is 0. The lowest BCUT2D eigenvalue weighted by Crippen LogP contribution is -2.37. The first kappa shape index (κ1) is 14.6. The molecule has 1 amide bonds. The van der Waals surface area contributed by atoms with Crippen LogP contribution >= 0.6 is 0 Å². The van der Waals surface area contributed by atoms with Crippen LogP contribution in [0, 0.1) is 0 Å². The molecule has 0 saturated carbocycles. The van der Waals surface area contributed by atoms with E-state index < -0.39 is 16.1 Å². The Balaban J connectivity index is 2.81. The molecule has 0 bridgehead atoms. The number of carbonyl (C=O) groups excluding carboxylic acids is 1. The first-order valence-corrected chi connectivity index (χ1v) is 6.91. The summed E-state index contributed by atoms with van der Waals surface area (Å²) in [5.41, 5.74) is 6.10. The highest BCUT2D eigenvalue weighted by molar-refractivity contribution is 7.89. The Labute approximate surface area is 107 Å². The molecule has 1 atom stereocenters. The zero-order valence-electron chi connectivity index (χ0n) is 10.3. The van der Waals surface area contributed by atoms with E-state index in [1.54, 1.807) is 19.1 Å². The summed E-state index contributed by atoms with van der Waals surface area (Å²) in [4.78, 5) is 11.5. The van der Waals surface area contributed by atoms with Crippen molar-refractivity contribution in [2.45, 2.75) is 24.4 Å². The molecule has 0 aromatic heterocycles. The van der Waals surface area contributed by atoms with Crippen LogP contribution in [0.5, 0.6) is 0 Å². The molecule has 0 spiro atoms. The molecule has 1 rings (SSSR count). The molecule has 1 aromatic carbocycles. The highest BCUT2D eigenvalue weighted by Crippen LogP contribution is 2.10. The topological polar surface area (TPSA) is 101 Å². The van der Waals surface area contributed by atoms with Gasteiger partial charge >= 0.3 is 0 Å². The summed E-state index contributed by atoms with van der Waals surface area (Å²) in [7, 11) is -2.12. The van der Waals surface area contributed by atoms with E-state index in [1.165, 1.54) is 19.2 Å². The van der Waals surface area contributed by atoms with E-state index in [9.17, 15) is 13.2 Å². The van der Waals surface area contributed by atoms with Crippen LogP contribution in [0.2, 0.25) is 0 Å². The number of sulfonamides is 1. The molecule has 0 fully saturated rings. The van der Waals surface area contributed by atoms with Gasteiger partial charge in [-0.3, -0.25) is 4.79 Å². The smallest absolute Gasteiger partial charge is 0.240 e. The van der Waals surface area contributed by atoms with Crippen molar-refractivity contribution in [3.05, 3.63) is 29.8 Å². The fourth-order valence-electron chi connectivity index (χ4n) is 1.29. The summed E-state index contributed by atoms with van der Waals surface area (Å²) in [6, 6.07) is 5.76. The normalized spacial score (nSPS) is 13.1. The maximum Gasteiger partial charge on any atom is 0.240 e. The Kier molecular flexibility index (Phi) is 4.83. The van der Waals surface area contributed by atoms with Gasteiger partial charge in [-0.2, -0.15) is 0 Å². The number of hydrogen-bond donors (Lipinski definition) is 3. The third-order valence-corrected chi connectivity index (χ3v) is 3.77. The number of amides is 1. The maximum atomic E-state index is 11.6. The van der Waals surface area contributed by atoms with Crippen LogP contribution in [0.15, 0.2) is 29.2 Å². The van der Waals surface area contributed by atoms with Crippen molar-refractivity contribution in [1.82, 2.24) is 10.0 Å². The van der Waals surface area contributed by atoms with Gasteiger partial charge in [-0.05, 0) is 31.7 Å². The minimum atomic E-state index is -3.46. The summed E-state index contributed by atoms with van der Waals surface area (Å²) < 4.78 is 25.4. The third-order valence-electron chi connectivity index (χ3n) is 2.36. The minimum absolute atomic E-state index is 0.164. The van der Waals surface area contributed by atoms with Crippen molar-refractivity contribution in [2.75, 3.05) is 7.05 Å². The standard InChI is InChI=1S/C11H17N3O3S/c1-8(12)11(15)14-7-9-4-3-5-10(6-9)18(16,17)13-2/h3-6,8,13H,7,12H2,1-2H3,(H,14,15)/t8-/m1/s1. The quantitative estimate of drug-likeness (QED) is 0.675. The van der Waals surface area contributed by atoms with Gasteiger partial charge in [-0.1, -0.05) is 12.1 Å².